The molecule has 12 heteroatoms. The standard InChI is InChI=1S/C30H42N6O6/c1-30(2,3)41-27(37)11-15-38-17-18-39-16-14-36-12-9-23(10-13-36)40-24-6-4-5-21(19-24)28-25-20-22(29(33-31)34-32)7-8-26(25)35-42-28/h4-8,19-20,23H,9-18,31-32H2,1-3H3,(H,33,34). The second-order valence-corrected chi connectivity index (χ2v) is 11.1. The fourth-order valence-corrected chi connectivity index (χ4v) is 4.71. The quantitative estimate of drug-likeness (QED) is 0.0678. The van der Waals surface area contributed by atoms with Gasteiger partial charge in [0.2, 0.25) is 0 Å². The lowest BCUT2D eigenvalue weighted by atomic mass is 10.1. The lowest BCUT2D eigenvalue weighted by Crippen LogP contribution is -2.39. The van der Waals surface area contributed by atoms with Crippen LogP contribution in [0.4, 0.5) is 0 Å². The molecule has 0 bridgehead atoms. The van der Waals surface area contributed by atoms with Crippen LogP contribution in [0.3, 0.4) is 0 Å². The number of esters is 1. The molecule has 0 unspecified atom stereocenters. The Labute approximate surface area is 246 Å². The third-order valence-corrected chi connectivity index (χ3v) is 6.74. The molecule has 42 heavy (non-hydrogen) atoms. The number of nitrogens with two attached hydrogens (primary N) is 2. The summed E-state index contributed by atoms with van der Waals surface area (Å²) < 4.78 is 28.5. The van der Waals surface area contributed by atoms with Crippen molar-refractivity contribution in [2.75, 3.05) is 46.1 Å². The van der Waals surface area contributed by atoms with Gasteiger partial charge in [-0.2, -0.15) is 5.10 Å². The van der Waals surface area contributed by atoms with Gasteiger partial charge in [0.15, 0.2) is 11.6 Å². The first-order valence-electron chi connectivity index (χ1n) is 14.3. The average molecular weight is 583 g/mol. The molecule has 5 N–H and O–H groups in total. The van der Waals surface area contributed by atoms with Crippen LogP contribution >= 0.6 is 0 Å². The number of nitrogens with one attached hydrogen (secondary N) is 1. The van der Waals surface area contributed by atoms with E-state index in [9.17, 15) is 4.79 Å². The zero-order chi connectivity index (χ0) is 30.0. The number of aromatic nitrogens is 1. The number of hydrogen-bond donors (Lipinski definition) is 3. The van der Waals surface area contributed by atoms with Gasteiger partial charge in [-0.05, 0) is 63.9 Å². The number of hydrazone groups is 1. The van der Waals surface area contributed by atoms with Crippen molar-refractivity contribution < 1.29 is 28.3 Å². The van der Waals surface area contributed by atoms with Crippen LogP contribution in [-0.2, 0) is 19.0 Å². The molecule has 4 rings (SSSR count). The molecule has 0 atom stereocenters. The Balaban J connectivity index is 1.17. The summed E-state index contributed by atoms with van der Waals surface area (Å²) in [4.78, 5) is 14.1. The number of rotatable bonds is 13. The van der Waals surface area contributed by atoms with Crippen molar-refractivity contribution in [1.82, 2.24) is 15.5 Å². The summed E-state index contributed by atoms with van der Waals surface area (Å²) in [6.07, 6.45) is 2.24. The maximum absolute atomic E-state index is 11.7. The summed E-state index contributed by atoms with van der Waals surface area (Å²) >= 11 is 0. The maximum atomic E-state index is 11.7. The Kier molecular flexibility index (Phi) is 11.1. The van der Waals surface area contributed by atoms with E-state index in [1.54, 1.807) is 0 Å². The van der Waals surface area contributed by atoms with Crippen molar-refractivity contribution in [2.24, 2.45) is 16.8 Å². The predicted molar refractivity (Wildman–Crippen MR) is 160 cm³/mol. The van der Waals surface area contributed by atoms with Gasteiger partial charge in [-0.1, -0.05) is 17.3 Å². The molecule has 1 aliphatic rings. The van der Waals surface area contributed by atoms with E-state index in [2.05, 4.69) is 20.6 Å². The summed E-state index contributed by atoms with van der Waals surface area (Å²) in [5, 5.41) is 8.69. The van der Waals surface area contributed by atoms with Crippen LogP contribution in [0.15, 0.2) is 52.1 Å². The monoisotopic (exact) mass is 582 g/mol. The highest BCUT2D eigenvalue weighted by molar-refractivity contribution is 6.03. The number of nitrogens with zero attached hydrogens (tertiary/aromatic N) is 3. The number of piperidine rings is 1. The smallest absolute Gasteiger partial charge is 0.308 e. The summed E-state index contributed by atoms with van der Waals surface area (Å²) in [7, 11) is 0. The molecule has 2 heterocycles. The van der Waals surface area contributed by atoms with Gasteiger partial charge < -0.3 is 39.6 Å². The molecular weight excluding hydrogens is 540 g/mol. The van der Waals surface area contributed by atoms with Crippen molar-refractivity contribution in [3.63, 3.8) is 0 Å². The molecule has 0 aliphatic carbocycles. The van der Waals surface area contributed by atoms with Gasteiger partial charge in [0, 0.05) is 30.8 Å². The number of carbonyl (C=O) groups is 1. The minimum Gasteiger partial charge on any atom is -0.490 e. The molecule has 1 aromatic heterocycles. The summed E-state index contributed by atoms with van der Waals surface area (Å²) in [6, 6.07) is 13.4. The minimum atomic E-state index is -0.471. The van der Waals surface area contributed by atoms with Crippen molar-refractivity contribution in [1.29, 1.82) is 0 Å². The fraction of sp³-hybridized carbons (Fsp3) is 0.500. The number of hydrazine groups is 1. The van der Waals surface area contributed by atoms with Gasteiger partial charge in [-0.25, -0.2) is 5.84 Å². The van der Waals surface area contributed by atoms with Crippen LogP contribution in [0, 0.1) is 0 Å². The second kappa shape index (κ2) is 15.0. The third kappa shape index (κ3) is 9.15. The first-order chi connectivity index (χ1) is 20.3. The zero-order valence-corrected chi connectivity index (χ0v) is 24.6. The number of likely N-dealkylation sites (tertiary alicyclic amines) is 1. The Hall–Kier alpha value is -3.71. The van der Waals surface area contributed by atoms with Gasteiger partial charge in [0.25, 0.3) is 0 Å². The third-order valence-electron chi connectivity index (χ3n) is 6.74. The van der Waals surface area contributed by atoms with Crippen LogP contribution < -0.4 is 21.8 Å². The topological polar surface area (TPSA) is 160 Å². The van der Waals surface area contributed by atoms with Crippen molar-refractivity contribution in [2.45, 2.75) is 51.7 Å². The molecular formula is C30H42N6O6. The van der Waals surface area contributed by atoms with Crippen LogP contribution in [0.2, 0.25) is 0 Å². The van der Waals surface area contributed by atoms with Crippen LogP contribution in [0.25, 0.3) is 22.2 Å². The van der Waals surface area contributed by atoms with E-state index in [0.29, 0.717) is 38.0 Å². The molecule has 0 amide bonds. The molecule has 0 radical (unpaired) electrons. The highest BCUT2D eigenvalue weighted by atomic mass is 16.6. The van der Waals surface area contributed by atoms with E-state index in [0.717, 1.165) is 60.3 Å². The van der Waals surface area contributed by atoms with E-state index in [4.69, 9.17) is 35.2 Å². The van der Waals surface area contributed by atoms with Crippen molar-refractivity contribution >= 4 is 22.7 Å². The molecule has 2 aromatic carbocycles. The average Bonchev–Trinajstić information content (AvgIpc) is 3.39. The van der Waals surface area contributed by atoms with E-state index >= 15 is 0 Å². The Bertz CT molecular complexity index is 1330. The lowest BCUT2D eigenvalue weighted by molar-refractivity contribution is -0.156. The lowest BCUT2D eigenvalue weighted by Gasteiger charge is -2.32. The highest BCUT2D eigenvalue weighted by Gasteiger charge is 2.21. The number of ether oxygens (including phenoxy) is 4. The summed E-state index contributed by atoms with van der Waals surface area (Å²) in [6.45, 7) is 10.2. The molecule has 0 spiro atoms. The van der Waals surface area contributed by atoms with Gasteiger partial charge in [-0.15, -0.1) is 0 Å². The van der Waals surface area contributed by atoms with Crippen LogP contribution in [0.5, 0.6) is 5.75 Å². The Morgan fingerprint density at radius 2 is 1.86 bits per heavy atom. The number of hydrogen-bond acceptors (Lipinski definition) is 11. The SMILES string of the molecule is CC(C)(C)OC(=O)CCOCCOCCN1CCC(Oc2cccc(-c3onc4ccc(/C(=N/N)NN)cc34)c2)CC1. The minimum absolute atomic E-state index is 0.132. The number of benzene rings is 2. The number of carbonyl (C=O) groups excluding carboxylic acids is 1. The first-order valence-corrected chi connectivity index (χ1v) is 14.3. The van der Waals surface area contributed by atoms with Gasteiger partial charge in [0.1, 0.15) is 23.0 Å². The summed E-state index contributed by atoms with van der Waals surface area (Å²) in [5.41, 5.74) is 4.34. The first kappa shape index (κ1) is 31.2. The highest BCUT2D eigenvalue weighted by Crippen LogP contribution is 2.32. The van der Waals surface area contributed by atoms with Gasteiger partial charge >= 0.3 is 5.97 Å². The van der Waals surface area contributed by atoms with E-state index in [1.165, 1.54) is 0 Å². The maximum Gasteiger partial charge on any atom is 0.308 e. The fourth-order valence-electron chi connectivity index (χ4n) is 4.71. The molecule has 1 saturated heterocycles. The normalized spacial score (nSPS) is 15.2. The van der Waals surface area contributed by atoms with E-state index in [1.807, 2.05) is 63.2 Å². The predicted octanol–water partition coefficient (Wildman–Crippen LogP) is 3.19. The summed E-state index contributed by atoms with van der Waals surface area (Å²) in [5.74, 6) is 12.5. The zero-order valence-electron chi connectivity index (χ0n) is 24.6. The van der Waals surface area contributed by atoms with Crippen LogP contribution in [0.1, 0.15) is 45.6 Å². The molecule has 3 aromatic rings. The van der Waals surface area contributed by atoms with Crippen LogP contribution in [-0.4, -0.2) is 79.6 Å². The number of amidine groups is 1. The largest absolute Gasteiger partial charge is 0.490 e. The van der Waals surface area contributed by atoms with Crippen molar-refractivity contribution in [3.8, 4) is 17.1 Å². The molecule has 1 fully saturated rings. The van der Waals surface area contributed by atoms with Crippen molar-refractivity contribution in [3.05, 3.63) is 48.0 Å². The van der Waals surface area contributed by atoms with E-state index in [-0.39, 0.29) is 18.5 Å². The van der Waals surface area contributed by atoms with Gasteiger partial charge in [0.05, 0.1) is 38.2 Å². The van der Waals surface area contributed by atoms with E-state index < -0.39 is 5.60 Å². The molecule has 12 nitrogen and oxygen atoms in total. The molecule has 1 aliphatic heterocycles. The Morgan fingerprint density at radius 3 is 2.57 bits per heavy atom. The second-order valence-electron chi connectivity index (χ2n) is 11.1. The molecule has 0 saturated carbocycles. The Morgan fingerprint density at radius 1 is 1.10 bits per heavy atom. The van der Waals surface area contributed by atoms with Gasteiger partial charge in [-0.3, -0.25) is 4.79 Å². The number of fused-ring (bicyclic) bond motifs is 1. The molecule has 228 valence electrons.